The highest BCUT2D eigenvalue weighted by Crippen LogP contribution is 2.18. The number of aromatic nitrogens is 2. The molecule has 4 heteroatoms. The molecule has 0 atom stereocenters. The number of carbonyl (C=O) groups excluding carboxylic acids is 1. The third-order valence-electron chi connectivity index (χ3n) is 3.60. The van der Waals surface area contributed by atoms with Crippen LogP contribution in [0.1, 0.15) is 34.1 Å². The Labute approximate surface area is 112 Å². The summed E-state index contributed by atoms with van der Waals surface area (Å²) in [6.07, 6.45) is 2.72. The van der Waals surface area contributed by atoms with Gasteiger partial charge in [-0.05, 0) is 43.1 Å². The number of aryl methyl sites for hydroxylation is 1. The Balaban J connectivity index is 1.96. The van der Waals surface area contributed by atoms with Crippen molar-refractivity contribution >= 4 is 5.78 Å². The lowest BCUT2D eigenvalue weighted by molar-refractivity contribution is 0.102. The molecule has 0 saturated heterocycles. The van der Waals surface area contributed by atoms with Crippen LogP contribution < -0.4 is 5.32 Å². The van der Waals surface area contributed by atoms with Gasteiger partial charge >= 0.3 is 0 Å². The van der Waals surface area contributed by atoms with Gasteiger partial charge in [0.1, 0.15) is 5.69 Å². The first-order valence-corrected chi connectivity index (χ1v) is 6.68. The van der Waals surface area contributed by atoms with Crippen LogP contribution in [0, 0.1) is 0 Å². The van der Waals surface area contributed by atoms with Crippen molar-refractivity contribution in [1.82, 2.24) is 15.1 Å². The van der Waals surface area contributed by atoms with Crippen molar-refractivity contribution in [2.24, 2.45) is 0 Å². The number of nitrogens with one attached hydrogen (secondary N) is 1. The van der Waals surface area contributed by atoms with E-state index in [0.29, 0.717) is 12.2 Å². The van der Waals surface area contributed by atoms with Gasteiger partial charge in [0.15, 0.2) is 0 Å². The Kier molecular flexibility index (Phi) is 3.17. The maximum atomic E-state index is 12.5. The molecule has 3 rings (SSSR count). The molecule has 0 unspecified atom stereocenters. The van der Waals surface area contributed by atoms with E-state index in [1.165, 1.54) is 11.1 Å². The molecule has 1 aromatic carbocycles. The van der Waals surface area contributed by atoms with Crippen molar-refractivity contribution in [2.45, 2.75) is 26.4 Å². The molecule has 2 heterocycles. The monoisotopic (exact) mass is 255 g/mol. The summed E-state index contributed by atoms with van der Waals surface area (Å²) in [7, 11) is 0. The van der Waals surface area contributed by atoms with E-state index in [1.807, 2.05) is 19.1 Å². The normalized spacial score (nSPS) is 14.2. The smallest absolute Gasteiger partial charge is 0.211 e. The number of hydrogen-bond acceptors (Lipinski definition) is 3. The van der Waals surface area contributed by atoms with Crippen molar-refractivity contribution in [1.29, 1.82) is 0 Å². The summed E-state index contributed by atoms with van der Waals surface area (Å²) in [5.41, 5.74) is 3.99. The predicted molar refractivity (Wildman–Crippen MR) is 73.2 cm³/mol. The average Bonchev–Trinajstić information content (AvgIpc) is 2.94. The van der Waals surface area contributed by atoms with Crippen LogP contribution in [-0.4, -0.2) is 22.1 Å². The van der Waals surface area contributed by atoms with Gasteiger partial charge in [0.05, 0.1) is 0 Å². The minimum Gasteiger partial charge on any atom is -0.312 e. The number of rotatable bonds is 3. The SMILES string of the molecule is CCn1nccc1C(=O)c1ccc2c(c1)CNCC2. The average molecular weight is 255 g/mol. The summed E-state index contributed by atoms with van der Waals surface area (Å²) >= 11 is 0. The third kappa shape index (κ3) is 2.19. The van der Waals surface area contributed by atoms with E-state index >= 15 is 0 Å². The van der Waals surface area contributed by atoms with Gasteiger partial charge in [0, 0.05) is 24.8 Å². The molecule has 0 radical (unpaired) electrons. The first kappa shape index (κ1) is 12.1. The molecule has 1 N–H and O–H groups in total. The molecular formula is C15H17N3O. The molecule has 0 aliphatic carbocycles. The van der Waals surface area contributed by atoms with Gasteiger partial charge in [-0.25, -0.2) is 0 Å². The molecule has 0 spiro atoms. The molecule has 19 heavy (non-hydrogen) atoms. The highest BCUT2D eigenvalue weighted by Gasteiger charge is 2.16. The van der Waals surface area contributed by atoms with Crippen molar-refractivity contribution < 1.29 is 4.79 Å². The zero-order valence-electron chi connectivity index (χ0n) is 11.0. The molecule has 98 valence electrons. The molecule has 0 fully saturated rings. The summed E-state index contributed by atoms with van der Waals surface area (Å²) in [5, 5.41) is 7.49. The first-order chi connectivity index (χ1) is 9.29. The van der Waals surface area contributed by atoms with Crippen LogP contribution in [0.15, 0.2) is 30.5 Å². The van der Waals surface area contributed by atoms with Gasteiger partial charge in [-0.2, -0.15) is 5.10 Å². The minimum absolute atomic E-state index is 0.0488. The molecule has 2 aromatic rings. The van der Waals surface area contributed by atoms with Crippen LogP contribution in [0.3, 0.4) is 0 Å². The van der Waals surface area contributed by atoms with Crippen LogP contribution in [0.2, 0.25) is 0 Å². The maximum Gasteiger partial charge on any atom is 0.211 e. The van der Waals surface area contributed by atoms with E-state index in [9.17, 15) is 4.79 Å². The van der Waals surface area contributed by atoms with Crippen LogP contribution in [-0.2, 0) is 19.5 Å². The van der Waals surface area contributed by atoms with Crippen molar-refractivity contribution in [3.05, 3.63) is 52.8 Å². The Morgan fingerprint density at radius 3 is 3.11 bits per heavy atom. The summed E-state index contributed by atoms with van der Waals surface area (Å²) in [6, 6.07) is 7.80. The van der Waals surface area contributed by atoms with E-state index in [4.69, 9.17) is 0 Å². The van der Waals surface area contributed by atoms with Gasteiger partial charge in [0.2, 0.25) is 5.78 Å². The topological polar surface area (TPSA) is 46.9 Å². The fourth-order valence-electron chi connectivity index (χ4n) is 2.55. The van der Waals surface area contributed by atoms with E-state index < -0.39 is 0 Å². The number of ketones is 1. The van der Waals surface area contributed by atoms with Crippen LogP contribution >= 0.6 is 0 Å². The number of fused-ring (bicyclic) bond motifs is 1. The summed E-state index contributed by atoms with van der Waals surface area (Å²) in [4.78, 5) is 12.5. The first-order valence-electron chi connectivity index (χ1n) is 6.68. The molecular weight excluding hydrogens is 238 g/mol. The van der Waals surface area contributed by atoms with Gasteiger partial charge in [-0.15, -0.1) is 0 Å². The molecule has 1 aromatic heterocycles. The minimum atomic E-state index is 0.0488. The fraction of sp³-hybridized carbons (Fsp3) is 0.333. The maximum absolute atomic E-state index is 12.5. The highest BCUT2D eigenvalue weighted by molar-refractivity contribution is 6.08. The second-order valence-corrected chi connectivity index (χ2v) is 4.77. The predicted octanol–water partition coefficient (Wildman–Crippen LogP) is 1.78. The Morgan fingerprint density at radius 2 is 2.26 bits per heavy atom. The summed E-state index contributed by atoms with van der Waals surface area (Å²) in [6.45, 7) is 4.56. The van der Waals surface area contributed by atoms with Crippen molar-refractivity contribution in [3.8, 4) is 0 Å². The highest BCUT2D eigenvalue weighted by atomic mass is 16.1. The molecule has 0 saturated carbocycles. The van der Waals surface area contributed by atoms with Gasteiger partial charge in [0.25, 0.3) is 0 Å². The van der Waals surface area contributed by atoms with Gasteiger partial charge in [-0.3, -0.25) is 9.48 Å². The number of nitrogens with zero attached hydrogens (tertiary/aromatic N) is 2. The Morgan fingerprint density at radius 1 is 1.37 bits per heavy atom. The van der Waals surface area contributed by atoms with E-state index in [1.54, 1.807) is 16.9 Å². The molecule has 1 aliphatic heterocycles. The second-order valence-electron chi connectivity index (χ2n) is 4.77. The molecule has 0 bridgehead atoms. The lowest BCUT2D eigenvalue weighted by Crippen LogP contribution is -2.24. The number of benzene rings is 1. The zero-order valence-corrected chi connectivity index (χ0v) is 11.0. The molecule has 1 aliphatic rings. The lowest BCUT2D eigenvalue weighted by atomic mass is 9.96. The fourth-order valence-corrected chi connectivity index (χ4v) is 2.55. The van der Waals surface area contributed by atoms with Crippen LogP contribution in [0.25, 0.3) is 0 Å². The molecule has 4 nitrogen and oxygen atoms in total. The molecule has 0 amide bonds. The zero-order chi connectivity index (χ0) is 13.2. The second kappa shape index (κ2) is 4.97. The standard InChI is InChI=1S/C15H17N3O/c1-2-18-14(6-8-17-18)15(19)12-4-3-11-5-7-16-10-13(11)9-12/h3-4,6,8-9,16H,2,5,7,10H2,1H3. The van der Waals surface area contributed by atoms with E-state index in [-0.39, 0.29) is 5.78 Å². The number of carbonyl (C=O) groups is 1. The third-order valence-corrected chi connectivity index (χ3v) is 3.60. The van der Waals surface area contributed by atoms with Gasteiger partial charge < -0.3 is 5.32 Å². The quantitative estimate of drug-likeness (QED) is 0.850. The van der Waals surface area contributed by atoms with E-state index in [2.05, 4.69) is 16.5 Å². The van der Waals surface area contributed by atoms with Gasteiger partial charge in [-0.1, -0.05) is 12.1 Å². The Bertz CT molecular complexity index is 616. The Hall–Kier alpha value is -1.94. The largest absolute Gasteiger partial charge is 0.312 e. The van der Waals surface area contributed by atoms with Crippen molar-refractivity contribution in [2.75, 3.05) is 6.54 Å². The van der Waals surface area contributed by atoms with Crippen LogP contribution in [0.4, 0.5) is 0 Å². The number of hydrogen-bond donors (Lipinski definition) is 1. The van der Waals surface area contributed by atoms with Crippen LogP contribution in [0.5, 0.6) is 0 Å². The van der Waals surface area contributed by atoms with E-state index in [0.717, 1.165) is 25.1 Å². The van der Waals surface area contributed by atoms with Crippen molar-refractivity contribution in [3.63, 3.8) is 0 Å². The summed E-state index contributed by atoms with van der Waals surface area (Å²) < 4.78 is 1.74. The summed E-state index contributed by atoms with van der Waals surface area (Å²) in [5.74, 6) is 0.0488. The lowest BCUT2D eigenvalue weighted by Gasteiger charge is -2.17.